The Bertz CT molecular complexity index is 391. The molecule has 1 rings (SSSR count). The van der Waals surface area contributed by atoms with Crippen molar-refractivity contribution >= 4 is 34.4 Å². The fourth-order valence-corrected chi connectivity index (χ4v) is 3.81. The lowest BCUT2D eigenvalue weighted by molar-refractivity contribution is 1.11. The highest BCUT2D eigenvalue weighted by Crippen LogP contribution is 2.28. The van der Waals surface area contributed by atoms with Crippen LogP contribution in [0, 0.1) is 0 Å². The van der Waals surface area contributed by atoms with E-state index in [1.165, 1.54) is 16.7 Å². The molecule has 0 radical (unpaired) electrons. The summed E-state index contributed by atoms with van der Waals surface area (Å²) in [5, 5.41) is 0. The normalized spacial score (nSPS) is 11.6. The third kappa shape index (κ3) is 3.65. The van der Waals surface area contributed by atoms with Crippen LogP contribution in [0.2, 0.25) is 6.55 Å². The number of hydrogen-bond acceptors (Lipinski definition) is 0. The Balaban J connectivity index is 3.22. The summed E-state index contributed by atoms with van der Waals surface area (Å²) < 4.78 is 0. The zero-order chi connectivity index (χ0) is 12.3. The van der Waals surface area contributed by atoms with Gasteiger partial charge in [-0.1, -0.05) is 37.3 Å². The van der Waals surface area contributed by atoms with E-state index in [4.69, 9.17) is 22.2 Å². The molecule has 0 nitrogen and oxygen atoms in total. The van der Waals surface area contributed by atoms with Crippen molar-refractivity contribution in [3.05, 3.63) is 41.5 Å². The molecule has 0 saturated heterocycles. The molecule has 0 aromatic heterocycles. The number of halogens is 2. The van der Waals surface area contributed by atoms with Gasteiger partial charge in [-0.3, -0.25) is 0 Å². The van der Waals surface area contributed by atoms with Crippen molar-refractivity contribution in [1.82, 2.24) is 0 Å². The Kier molecular flexibility index (Phi) is 4.66. The number of benzene rings is 1. The van der Waals surface area contributed by atoms with Crippen molar-refractivity contribution in [2.45, 2.75) is 32.9 Å². The summed E-state index contributed by atoms with van der Waals surface area (Å²) in [7, 11) is 0. The van der Waals surface area contributed by atoms with Gasteiger partial charge in [0.1, 0.15) is 0 Å². The first-order valence-corrected chi connectivity index (χ1v) is 10.2. The second-order valence-electron chi connectivity index (χ2n) is 4.33. The summed E-state index contributed by atoms with van der Waals surface area (Å²) in [6, 6.07) is 7.12. The van der Waals surface area contributed by atoms with Crippen molar-refractivity contribution in [1.29, 1.82) is 0 Å². The third-order valence-electron chi connectivity index (χ3n) is 2.55. The zero-order valence-electron chi connectivity index (χ0n) is 10.1. The molecule has 1 aromatic rings. The smallest absolute Gasteiger partial charge is 0.146 e. The van der Waals surface area contributed by atoms with Gasteiger partial charge in [-0.15, -0.1) is 22.2 Å². The fourth-order valence-electron chi connectivity index (χ4n) is 1.98. The highest BCUT2D eigenvalue weighted by atomic mass is 35.7. The molecule has 0 aliphatic heterocycles. The lowest BCUT2D eigenvalue weighted by Gasteiger charge is -2.17. The van der Waals surface area contributed by atoms with Gasteiger partial charge < -0.3 is 0 Å². The molecule has 0 fully saturated rings. The van der Waals surface area contributed by atoms with Crippen LogP contribution in [0.5, 0.6) is 0 Å². The molecule has 88 valence electrons. The van der Waals surface area contributed by atoms with Gasteiger partial charge in [0.25, 0.3) is 6.69 Å². The van der Waals surface area contributed by atoms with Gasteiger partial charge in [0.2, 0.25) is 0 Å². The van der Waals surface area contributed by atoms with E-state index >= 15 is 0 Å². The average Bonchev–Trinajstić information content (AvgIpc) is 2.14. The van der Waals surface area contributed by atoms with Crippen LogP contribution in [0.15, 0.2) is 24.8 Å². The number of allylic oxidation sites excluding steroid dienone is 1. The molecule has 0 saturated carbocycles. The number of aryl methyl sites for hydroxylation is 1. The van der Waals surface area contributed by atoms with Crippen LogP contribution in [0.3, 0.4) is 0 Å². The summed E-state index contributed by atoms with van der Waals surface area (Å²) in [5.74, 6) is 0. The van der Waals surface area contributed by atoms with Gasteiger partial charge in [-0.05, 0) is 42.6 Å². The third-order valence-corrected chi connectivity index (χ3v) is 4.35. The van der Waals surface area contributed by atoms with Crippen LogP contribution in [0.4, 0.5) is 0 Å². The Morgan fingerprint density at radius 1 is 1.31 bits per heavy atom. The van der Waals surface area contributed by atoms with Gasteiger partial charge in [0.05, 0.1) is 0 Å². The van der Waals surface area contributed by atoms with Gasteiger partial charge in [0, 0.05) is 0 Å². The lowest BCUT2D eigenvalue weighted by atomic mass is 9.95. The van der Waals surface area contributed by atoms with E-state index in [1.807, 2.05) is 13.5 Å². The first kappa shape index (κ1) is 13.8. The van der Waals surface area contributed by atoms with Crippen LogP contribution in [-0.2, 0) is 12.5 Å². The molecule has 1 aromatic carbocycles. The van der Waals surface area contributed by atoms with E-state index < -0.39 is 6.69 Å². The minimum absolute atomic E-state index is 0.784. The van der Waals surface area contributed by atoms with Crippen molar-refractivity contribution in [2.75, 3.05) is 0 Å². The van der Waals surface area contributed by atoms with Gasteiger partial charge in [0.15, 0.2) is 0 Å². The van der Waals surface area contributed by atoms with Crippen LogP contribution in [0.1, 0.15) is 30.5 Å². The summed E-state index contributed by atoms with van der Waals surface area (Å²) in [6.07, 6.45) is 1.01. The molecule has 0 unspecified atom stereocenters. The van der Waals surface area contributed by atoms with E-state index in [0.717, 1.165) is 18.0 Å². The molecule has 0 N–H and O–H groups in total. The van der Waals surface area contributed by atoms with Crippen LogP contribution < -0.4 is 0 Å². The lowest BCUT2D eigenvalue weighted by Crippen LogP contribution is -2.19. The van der Waals surface area contributed by atoms with Gasteiger partial charge in [-0.2, -0.15) is 0 Å². The topological polar surface area (TPSA) is 0 Å². The van der Waals surface area contributed by atoms with Crippen molar-refractivity contribution in [3.8, 4) is 0 Å². The maximum atomic E-state index is 6.21. The molecular weight excluding hydrogens is 255 g/mol. The summed E-state index contributed by atoms with van der Waals surface area (Å²) in [5.41, 5.74) is 4.92. The molecule has 3 heteroatoms. The highest BCUT2D eigenvalue weighted by Gasteiger charge is 2.23. The second kappa shape index (κ2) is 5.39. The monoisotopic (exact) mass is 272 g/mol. The van der Waals surface area contributed by atoms with E-state index in [9.17, 15) is 0 Å². The van der Waals surface area contributed by atoms with E-state index in [-0.39, 0.29) is 0 Å². The van der Waals surface area contributed by atoms with Gasteiger partial charge >= 0.3 is 0 Å². The van der Waals surface area contributed by atoms with Crippen LogP contribution in [0.25, 0.3) is 5.57 Å². The molecule has 0 bridgehead atoms. The molecule has 0 aliphatic carbocycles. The van der Waals surface area contributed by atoms with Crippen molar-refractivity contribution in [2.24, 2.45) is 0 Å². The predicted octanol–water partition coefficient (Wildman–Crippen LogP) is 4.91. The molecular formula is C13H18Cl2Si. The molecule has 0 aliphatic rings. The van der Waals surface area contributed by atoms with E-state index in [2.05, 4.69) is 31.7 Å². The van der Waals surface area contributed by atoms with E-state index in [0.29, 0.717) is 0 Å². The molecule has 16 heavy (non-hydrogen) atoms. The van der Waals surface area contributed by atoms with Crippen molar-refractivity contribution < 1.29 is 0 Å². The minimum atomic E-state index is -2.11. The second-order valence-corrected chi connectivity index (χ2v) is 12.4. The summed E-state index contributed by atoms with van der Waals surface area (Å²) in [4.78, 5) is 0. The predicted molar refractivity (Wildman–Crippen MR) is 77.6 cm³/mol. The summed E-state index contributed by atoms with van der Waals surface area (Å²) >= 11 is 12.4. The van der Waals surface area contributed by atoms with E-state index in [1.54, 1.807) is 0 Å². The van der Waals surface area contributed by atoms with Crippen LogP contribution in [-0.4, -0.2) is 6.69 Å². The Morgan fingerprint density at radius 3 is 2.31 bits per heavy atom. The molecule has 0 heterocycles. The Morgan fingerprint density at radius 2 is 1.88 bits per heavy atom. The largest absolute Gasteiger partial charge is 0.252 e. The standard InChI is InChI=1S/C13H18Cl2Si/c1-5-11-7-6-8-12(9-16(4,14)15)13(11)10(2)3/h6-8H,2,5,9H2,1,3-4H3. The Labute approximate surface area is 109 Å². The average molecular weight is 273 g/mol. The first-order valence-electron chi connectivity index (χ1n) is 5.49. The van der Waals surface area contributed by atoms with Crippen LogP contribution >= 0.6 is 22.2 Å². The highest BCUT2D eigenvalue weighted by molar-refractivity contribution is 7.44. The molecule has 0 spiro atoms. The summed E-state index contributed by atoms with van der Waals surface area (Å²) in [6.45, 7) is 8.10. The number of rotatable bonds is 4. The maximum Gasteiger partial charge on any atom is 0.252 e. The number of hydrogen-bond donors (Lipinski definition) is 0. The molecule has 0 amide bonds. The zero-order valence-corrected chi connectivity index (χ0v) is 12.6. The SMILES string of the molecule is C=C(C)c1c(CC)cccc1C[Si](C)(Cl)Cl. The first-order chi connectivity index (χ1) is 7.35. The minimum Gasteiger partial charge on any atom is -0.146 e. The van der Waals surface area contributed by atoms with Gasteiger partial charge in [-0.25, -0.2) is 0 Å². The molecule has 0 atom stereocenters. The maximum absolute atomic E-state index is 6.21. The van der Waals surface area contributed by atoms with Crippen molar-refractivity contribution in [3.63, 3.8) is 0 Å². The quantitative estimate of drug-likeness (QED) is 0.540. The Hall–Kier alpha value is -0.243. The fraction of sp³-hybridized carbons (Fsp3) is 0.385.